The summed E-state index contributed by atoms with van der Waals surface area (Å²) in [7, 11) is 0. The van der Waals surface area contributed by atoms with Crippen molar-refractivity contribution in [2.24, 2.45) is 16.6 Å². The van der Waals surface area contributed by atoms with Gasteiger partial charge in [0, 0.05) is 12.1 Å². The number of rotatable bonds is 6. The second-order valence-corrected chi connectivity index (χ2v) is 6.34. The summed E-state index contributed by atoms with van der Waals surface area (Å²) >= 11 is -2.52. The highest BCUT2D eigenvalue weighted by molar-refractivity contribution is 7.81. The summed E-state index contributed by atoms with van der Waals surface area (Å²) in [6.45, 7) is 0. The van der Waals surface area contributed by atoms with Crippen molar-refractivity contribution in [2.75, 3.05) is 9.62 Å². The molecule has 0 bridgehead atoms. The van der Waals surface area contributed by atoms with E-state index in [4.69, 9.17) is 16.6 Å². The molecule has 1 aromatic heterocycles. The first-order valence-corrected chi connectivity index (χ1v) is 8.74. The maximum Gasteiger partial charge on any atom is 0.357 e. The molecule has 0 radical (unpaired) electrons. The van der Waals surface area contributed by atoms with Crippen LogP contribution in [0.25, 0.3) is 0 Å². The molecular formula is C12H10F2N7O5S2-. The highest BCUT2D eigenvalue weighted by atomic mass is 32.2. The number of benzene rings is 1. The number of hydrazone groups is 1. The number of carbonyl (C=O) groups excluding carboxylic acids is 1. The number of amides is 2. The highest BCUT2D eigenvalue weighted by Gasteiger charge is 2.24. The van der Waals surface area contributed by atoms with Crippen molar-refractivity contribution in [1.29, 1.82) is 0 Å². The Hall–Kier alpha value is -3.37. The molecule has 16 heteroatoms. The van der Waals surface area contributed by atoms with Crippen molar-refractivity contribution >= 4 is 56.9 Å². The average Bonchev–Trinajstić information content (AvgIpc) is 3.05. The number of anilines is 3. The molecule has 12 nitrogen and oxygen atoms in total. The van der Waals surface area contributed by atoms with Gasteiger partial charge in [-0.05, 0) is 0 Å². The minimum absolute atomic E-state index is 0.344. The third-order valence-corrected chi connectivity index (χ3v) is 4.49. The number of thiazole rings is 1. The number of nitrogens with two attached hydrogens (primary N) is 2. The molecule has 1 heterocycles. The molecule has 0 saturated carbocycles. The first-order valence-electron chi connectivity index (χ1n) is 6.82. The lowest BCUT2D eigenvalue weighted by Crippen LogP contribution is -2.31. The number of urea groups is 1. The number of carbonyl (C=O) groups is 2. The van der Waals surface area contributed by atoms with Crippen LogP contribution in [0.3, 0.4) is 0 Å². The van der Waals surface area contributed by atoms with Crippen molar-refractivity contribution in [3.05, 3.63) is 35.0 Å². The van der Waals surface area contributed by atoms with Gasteiger partial charge in [-0.2, -0.15) is 0 Å². The molecule has 0 aliphatic rings. The zero-order valence-corrected chi connectivity index (χ0v) is 15.0. The predicted molar refractivity (Wildman–Crippen MR) is 94.5 cm³/mol. The molecule has 1 atom stereocenters. The summed E-state index contributed by atoms with van der Waals surface area (Å²) in [4.78, 5) is 26.1. The van der Waals surface area contributed by atoms with Gasteiger partial charge in [-0.3, -0.25) is 8.51 Å². The zero-order valence-electron chi connectivity index (χ0n) is 13.4. The van der Waals surface area contributed by atoms with Crippen LogP contribution in [0, 0.1) is 11.6 Å². The third kappa shape index (κ3) is 4.67. The topological polar surface area (TPSA) is 199 Å². The number of aromatic nitrogens is 1. The van der Waals surface area contributed by atoms with Crippen LogP contribution in [-0.2, 0) is 11.3 Å². The van der Waals surface area contributed by atoms with Gasteiger partial charge in [0.25, 0.3) is 0 Å². The van der Waals surface area contributed by atoms with Crippen molar-refractivity contribution < 1.29 is 32.2 Å². The van der Waals surface area contributed by atoms with E-state index >= 15 is 0 Å². The van der Waals surface area contributed by atoms with Gasteiger partial charge in [0.1, 0.15) is 10.7 Å². The third-order valence-electron chi connectivity index (χ3n) is 2.87. The minimum atomic E-state index is -3.14. The minimum Gasteiger partial charge on any atom is -0.755 e. The van der Waals surface area contributed by atoms with E-state index < -0.39 is 62.9 Å². The van der Waals surface area contributed by atoms with Crippen LogP contribution < -0.4 is 26.5 Å². The Morgan fingerprint density at radius 2 is 1.93 bits per heavy atom. The summed E-state index contributed by atoms with van der Waals surface area (Å²) < 4.78 is 52.0. The van der Waals surface area contributed by atoms with E-state index in [0.717, 1.165) is 5.51 Å². The number of nitrogens with one attached hydrogen (secondary N) is 2. The fourth-order valence-corrected chi connectivity index (χ4v) is 3.38. The second-order valence-electron chi connectivity index (χ2n) is 4.71. The van der Waals surface area contributed by atoms with E-state index in [1.54, 1.807) is 10.7 Å². The Balaban J connectivity index is 2.42. The molecule has 0 aliphatic carbocycles. The molecule has 1 aromatic carbocycles. The monoisotopic (exact) mass is 434 g/mol. The molecule has 1 unspecified atom stereocenters. The number of aromatic carboxylic acids is 1. The van der Waals surface area contributed by atoms with Gasteiger partial charge in [-0.15, -0.1) is 16.4 Å². The van der Waals surface area contributed by atoms with E-state index in [-0.39, 0.29) is 0 Å². The molecule has 2 amide bonds. The summed E-state index contributed by atoms with van der Waals surface area (Å²) in [5.41, 5.74) is 10.7. The molecule has 28 heavy (non-hydrogen) atoms. The standard InChI is InChI=1S/C12H11F2N7O5S2/c13-5-1-4(2-6(14)7(5)18-12(24)20-19-11(15)16)21(28(25)26)9-8(10(22)23)17-3-27-9/h1-3H,(H,22,23)(H,25,26)(H4,15,16,19)(H2,18,20,24)/p-1. The molecule has 2 rings (SSSR count). The first-order chi connectivity index (χ1) is 13.1. The number of halogens is 2. The average molecular weight is 434 g/mol. The fraction of sp³-hybridized carbons (Fsp3) is 0. The maximum absolute atomic E-state index is 14.3. The Morgan fingerprint density at radius 1 is 1.32 bits per heavy atom. The van der Waals surface area contributed by atoms with Crippen LogP contribution in [0.1, 0.15) is 10.5 Å². The van der Waals surface area contributed by atoms with Gasteiger partial charge in [0.05, 0.1) is 22.5 Å². The Bertz CT molecular complexity index is 956. The van der Waals surface area contributed by atoms with Gasteiger partial charge in [-0.1, -0.05) is 0 Å². The number of carboxylic acid groups (broad SMARTS) is 1. The van der Waals surface area contributed by atoms with Gasteiger partial charge in [0.15, 0.2) is 17.3 Å². The summed E-state index contributed by atoms with van der Waals surface area (Å²) in [5.74, 6) is -4.76. The SMILES string of the molecule is NC(N)=NNC(=O)Nc1c(F)cc(N(c2scnc2C(=O)O)S(=O)[O-])cc1F. The second kappa shape index (κ2) is 8.55. The lowest BCUT2D eigenvalue weighted by Gasteiger charge is -2.25. The number of carboxylic acids is 1. The van der Waals surface area contributed by atoms with E-state index in [1.807, 2.05) is 0 Å². The van der Waals surface area contributed by atoms with Crippen LogP contribution in [0.4, 0.5) is 30.0 Å². The van der Waals surface area contributed by atoms with Gasteiger partial charge in [-0.25, -0.2) is 28.8 Å². The molecule has 0 spiro atoms. The molecule has 150 valence electrons. The van der Waals surface area contributed by atoms with Gasteiger partial charge < -0.3 is 26.4 Å². The Kier molecular flexibility index (Phi) is 6.39. The fourth-order valence-electron chi connectivity index (χ4n) is 1.86. The zero-order chi connectivity index (χ0) is 21.0. The van der Waals surface area contributed by atoms with Crippen molar-refractivity contribution in [3.8, 4) is 0 Å². The van der Waals surface area contributed by atoms with Crippen molar-refractivity contribution in [2.45, 2.75) is 0 Å². The molecule has 7 N–H and O–H groups in total. The van der Waals surface area contributed by atoms with E-state index in [0.29, 0.717) is 27.8 Å². The van der Waals surface area contributed by atoms with E-state index in [1.165, 1.54) is 0 Å². The van der Waals surface area contributed by atoms with E-state index in [2.05, 4.69) is 10.1 Å². The van der Waals surface area contributed by atoms with Crippen LogP contribution in [0.2, 0.25) is 0 Å². The van der Waals surface area contributed by atoms with Crippen LogP contribution >= 0.6 is 11.3 Å². The van der Waals surface area contributed by atoms with Crippen LogP contribution in [0.15, 0.2) is 22.7 Å². The lowest BCUT2D eigenvalue weighted by molar-refractivity contribution is 0.0692. The molecular weight excluding hydrogens is 424 g/mol. The molecule has 0 aliphatic heterocycles. The summed E-state index contributed by atoms with van der Waals surface area (Å²) in [6, 6.07) is -0.0419. The largest absolute Gasteiger partial charge is 0.755 e. The quantitative estimate of drug-likeness (QED) is 0.186. The van der Waals surface area contributed by atoms with Crippen LogP contribution in [-0.4, -0.2) is 36.8 Å². The Morgan fingerprint density at radius 3 is 2.43 bits per heavy atom. The number of nitrogens with zero attached hydrogens (tertiary/aromatic N) is 3. The maximum atomic E-state index is 14.3. The summed E-state index contributed by atoms with van der Waals surface area (Å²) in [5, 5.41) is 13.6. The number of hydrogen-bond acceptors (Lipinski definition) is 7. The molecule has 0 fully saturated rings. The smallest absolute Gasteiger partial charge is 0.357 e. The lowest BCUT2D eigenvalue weighted by atomic mass is 10.2. The van der Waals surface area contributed by atoms with Crippen molar-refractivity contribution in [1.82, 2.24) is 10.4 Å². The number of guanidine groups is 1. The first kappa shape index (κ1) is 20.9. The molecule has 0 saturated heterocycles. The van der Waals surface area contributed by atoms with Crippen LogP contribution in [0.5, 0.6) is 0 Å². The summed E-state index contributed by atoms with van der Waals surface area (Å²) in [6.07, 6.45) is 0. The molecule has 2 aromatic rings. The van der Waals surface area contributed by atoms with Crippen molar-refractivity contribution in [3.63, 3.8) is 0 Å². The highest BCUT2D eigenvalue weighted by Crippen LogP contribution is 2.35. The van der Waals surface area contributed by atoms with E-state index in [9.17, 15) is 27.1 Å². The Labute approximate surface area is 161 Å². The normalized spacial score (nSPS) is 11.4. The van der Waals surface area contributed by atoms with Gasteiger partial charge in [0.2, 0.25) is 5.96 Å². The van der Waals surface area contributed by atoms with Gasteiger partial charge >= 0.3 is 12.0 Å². The predicted octanol–water partition coefficient (Wildman–Crippen LogP) is 0.362. The number of hydrogen-bond donors (Lipinski definition) is 5.